The molecule has 0 saturated heterocycles. The molecular weight excluding hydrogens is 422 g/mol. The molecule has 4 aliphatic rings. The maximum atomic E-state index is 12.9. The Labute approximate surface area is 199 Å². The molecule has 2 atom stereocenters. The van der Waals surface area contributed by atoms with Gasteiger partial charge >= 0.3 is 0 Å². The van der Waals surface area contributed by atoms with Crippen LogP contribution in [-0.4, -0.2) is 5.91 Å². The van der Waals surface area contributed by atoms with Crippen molar-refractivity contribution in [2.45, 2.75) is 62.4 Å². The highest BCUT2D eigenvalue weighted by Crippen LogP contribution is 2.58. The van der Waals surface area contributed by atoms with Gasteiger partial charge in [0.15, 0.2) is 0 Å². The minimum Gasteiger partial charge on any atom is -0.356 e. The number of nitrogens with one attached hydrogen (secondary N) is 1. The Kier molecular flexibility index (Phi) is 4.50. The molecule has 2 heterocycles. The second-order valence-corrected chi connectivity index (χ2v) is 10.3. The molecule has 2 saturated carbocycles. The van der Waals surface area contributed by atoms with E-state index in [0.717, 1.165) is 28.5 Å². The highest BCUT2D eigenvalue weighted by atomic mass is 16.5. The maximum absolute atomic E-state index is 12.9. The molecule has 2 aliphatic heterocycles. The largest absolute Gasteiger partial charge is 0.356 e. The summed E-state index contributed by atoms with van der Waals surface area (Å²) in [5.41, 5.74) is 22.1. The van der Waals surface area contributed by atoms with Gasteiger partial charge in [0.1, 0.15) is 12.2 Å². The number of benzene rings is 3. The number of hydrogen-bond acceptors (Lipinski definition) is 4. The van der Waals surface area contributed by atoms with Crippen molar-refractivity contribution in [3.63, 3.8) is 0 Å². The number of ether oxygens (including phenoxy) is 1. The van der Waals surface area contributed by atoms with Crippen LogP contribution in [0.25, 0.3) is 0 Å². The van der Waals surface area contributed by atoms with Crippen molar-refractivity contribution >= 4 is 5.91 Å². The van der Waals surface area contributed by atoms with Gasteiger partial charge in [-0.25, -0.2) is 0 Å². The Hall–Kier alpha value is -2.99. The van der Waals surface area contributed by atoms with Crippen molar-refractivity contribution in [2.75, 3.05) is 0 Å². The molecule has 5 heteroatoms. The first-order valence-corrected chi connectivity index (χ1v) is 12.4. The minimum absolute atomic E-state index is 0.00490. The molecule has 34 heavy (non-hydrogen) atoms. The molecule has 0 radical (unpaired) electrons. The van der Waals surface area contributed by atoms with E-state index in [1.165, 1.54) is 42.4 Å². The summed E-state index contributed by atoms with van der Waals surface area (Å²) in [7, 11) is 0. The van der Waals surface area contributed by atoms with Crippen LogP contribution < -0.4 is 16.8 Å². The fourth-order valence-corrected chi connectivity index (χ4v) is 5.71. The van der Waals surface area contributed by atoms with Gasteiger partial charge in [-0.15, -0.1) is 0 Å². The average molecular weight is 452 g/mol. The van der Waals surface area contributed by atoms with Crippen molar-refractivity contribution < 1.29 is 9.53 Å². The lowest BCUT2D eigenvalue weighted by molar-refractivity contribution is 0.0857. The van der Waals surface area contributed by atoms with Crippen LogP contribution in [0.3, 0.4) is 0 Å². The Morgan fingerprint density at radius 3 is 1.97 bits per heavy atom. The van der Waals surface area contributed by atoms with Crippen molar-refractivity contribution in [1.29, 1.82) is 0 Å². The molecule has 2 bridgehead atoms. The predicted octanol–water partition coefficient (Wildman–Crippen LogP) is 4.81. The highest BCUT2D eigenvalue weighted by Gasteiger charge is 2.45. The van der Waals surface area contributed by atoms with E-state index in [4.69, 9.17) is 16.2 Å². The monoisotopic (exact) mass is 451 g/mol. The van der Waals surface area contributed by atoms with Gasteiger partial charge in [-0.05, 0) is 94.2 Å². The normalized spacial score (nSPS) is 22.1. The summed E-state index contributed by atoms with van der Waals surface area (Å²) in [6.07, 6.45) is 4.75. The van der Waals surface area contributed by atoms with Gasteiger partial charge in [-0.1, -0.05) is 42.5 Å². The fourth-order valence-electron chi connectivity index (χ4n) is 5.71. The van der Waals surface area contributed by atoms with E-state index in [2.05, 4.69) is 23.5 Å². The third-order valence-corrected chi connectivity index (χ3v) is 7.89. The van der Waals surface area contributed by atoms with E-state index in [1.54, 1.807) is 11.1 Å². The topological polar surface area (TPSA) is 90.4 Å². The maximum Gasteiger partial charge on any atom is 0.251 e. The molecule has 3 aromatic rings. The molecule has 7 rings (SSSR count). The average Bonchev–Trinajstić information content (AvgIpc) is 3.79. The predicted molar refractivity (Wildman–Crippen MR) is 130 cm³/mol. The first kappa shape index (κ1) is 20.4. The second-order valence-electron chi connectivity index (χ2n) is 10.3. The smallest absolute Gasteiger partial charge is 0.251 e. The summed E-state index contributed by atoms with van der Waals surface area (Å²) in [5, 5.41) is 3.04. The molecule has 1 amide bonds. The van der Waals surface area contributed by atoms with Crippen LogP contribution in [0.5, 0.6) is 0 Å². The Morgan fingerprint density at radius 2 is 1.38 bits per heavy atom. The van der Waals surface area contributed by atoms with Crippen LogP contribution >= 0.6 is 0 Å². The molecule has 0 unspecified atom stereocenters. The van der Waals surface area contributed by atoms with Crippen LogP contribution in [0.1, 0.15) is 111 Å². The van der Waals surface area contributed by atoms with Gasteiger partial charge in [0.05, 0.1) is 6.17 Å². The van der Waals surface area contributed by atoms with E-state index >= 15 is 0 Å². The van der Waals surface area contributed by atoms with Gasteiger partial charge in [0, 0.05) is 12.1 Å². The van der Waals surface area contributed by atoms with Crippen molar-refractivity contribution in [1.82, 2.24) is 5.32 Å². The number of amides is 1. The SMILES string of the molecule is NC(N)c1ccc(CNC(=O)c2ccc3c(c2)[C@@H]2O[C@H]3c3cc(C4CC4)c(C4CC4)cc32)cc1. The number of fused-ring (bicyclic) bond motifs is 8. The second kappa shape index (κ2) is 7.51. The molecule has 3 aromatic carbocycles. The number of carbonyl (C=O) groups is 1. The van der Waals surface area contributed by atoms with Crippen LogP contribution in [0.15, 0.2) is 54.6 Å². The summed E-state index contributed by atoms with van der Waals surface area (Å²) in [5.74, 6) is 1.42. The summed E-state index contributed by atoms with van der Waals surface area (Å²) < 4.78 is 6.47. The highest BCUT2D eigenvalue weighted by molar-refractivity contribution is 5.94. The van der Waals surface area contributed by atoms with E-state index in [0.29, 0.717) is 12.1 Å². The Balaban J connectivity index is 1.12. The Morgan fingerprint density at radius 1 is 0.794 bits per heavy atom. The van der Waals surface area contributed by atoms with Crippen molar-refractivity contribution in [3.05, 3.63) is 105 Å². The number of nitrogens with two attached hydrogens (primary N) is 2. The number of hydrogen-bond donors (Lipinski definition) is 3. The van der Waals surface area contributed by atoms with Crippen LogP contribution in [0, 0.1) is 0 Å². The molecule has 0 spiro atoms. The number of carbonyl (C=O) groups excluding carboxylic acids is 1. The molecule has 0 aromatic heterocycles. The summed E-state index contributed by atoms with van der Waals surface area (Å²) in [6.45, 7) is 0.454. The zero-order valence-electron chi connectivity index (χ0n) is 19.1. The lowest BCUT2D eigenvalue weighted by Crippen LogP contribution is -2.23. The fraction of sp³-hybridized carbons (Fsp3) is 0.345. The van der Waals surface area contributed by atoms with Gasteiger partial charge in [0.25, 0.3) is 5.91 Å². The number of rotatable bonds is 6. The van der Waals surface area contributed by atoms with Crippen molar-refractivity contribution in [3.8, 4) is 0 Å². The van der Waals surface area contributed by atoms with Crippen LogP contribution in [0.2, 0.25) is 0 Å². The zero-order chi connectivity index (χ0) is 23.0. The van der Waals surface area contributed by atoms with Gasteiger partial charge < -0.3 is 21.5 Å². The first-order chi connectivity index (χ1) is 16.6. The van der Waals surface area contributed by atoms with Gasteiger partial charge in [-0.3, -0.25) is 4.79 Å². The summed E-state index contributed by atoms with van der Waals surface area (Å²) >= 11 is 0. The molecule has 172 valence electrons. The quantitative estimate of drug-likeness (QED) is 0.469. The van der Waals surface area contributed by atoms with Gasteiger partial charge in [0.2, 0.25) is 0 Å². The van der Waals surface area contributed by atoms with E-state index in [-0.39, 0.29) is 18.1 Å². The van der Waals surface area contributed by atoms with Crippen molar-refractivity contribution in [2.24, 2.45) is 11.5 Å². The van der Waals surface area contributed by atoms with E-state index < -0.39 is 6.17 Å². The molecule has 2 fully saturated rings. The first-order valence-electron chi connectivity index (χ1n) is 12.4. The van der Waals surface area contributed by atoms with E-state index in [1.807, 2.05) is 36.4 Å². The standard InChI is InChI=1S/C29H29N3O2/c30-28(31)18-3-1-15(2-4-18)14-32-29(33)19-9-10-20-23(11-19)27-25-13-22(17-7-8-17)21(16-5-6-16)12-24(25)26(20)34-27/h1-4,9-13,16-17,26-28H,5-8,14,30-31H2,(H,32,33)/t26-,27+/m1/s1. The lowest BCUT2D eigenvalue weighted by Gasteiger charge is -2.20. The van der Waals surface area contributed by atoms with Crippen LogP contribution in [-0.2, 0) is 11.3 Å². The zero-order valence-corrected chi connectivity index (χ0v) is 19.1. The van der Waals surface area contributed by atoms with E-state index in [9.17, 15) is 4.79 Å². The molecule has 5 nitrogen and oxygen atoms in total. The van der Waals surface area contributed by atoms with Gasteiger partial charge in [-0.2, -0.15) is 0 Å². The molecule has 5 N–H and O–H groups in total. The Bertz CT molecular complexity index is 1310. The third-order valence-electron chi connectivity index (χ3n) is 7.89. The lowest BCUT2D eigenvalue weighted by atomic mass is 9.82. The third kappa shape index (κ3) is 3.30. The summed E-state index contributed by atoms with van der Waals surface area (Å²) in [6, 6.07) is 18.6. The molecule has 2 aliphatic carbocycles. The minimum atomic E-state index is -0.488. The van der Waals surface area contributed by atoms with Crippen LogP contribution in [0.4, 0.5) is 0 Å². The molecular formula is C29H29N3O2. The summed E-state index contributed by atoms with van der Waals surface area (Å²) in [4.78, 5) is 12.9.